The number of nitrogens with zero attached hydrogens (tertiary/aromatic N) is 1. The SMILES string of the molecule is CCCCCCCCCCCCN(CC=O)C(=O)CCCCCCCCCCC. The van der Waals surface area contributed by atoms with Crippen LogP contribution in [0.1, 0.15) is 142 Å². The van der Waals surface area contributed by atoms with Crippen LogP contribution in [0, 0.1) is 0 Å². The van der Waals surface area contributed by atoms with Crippen LogP contribution in [-0.4, -0.2) is 30.2 Å². The van der Waals surface area contributed by atoms with E-state index in [0.29, 0.717) is 6.42 Å². The Balaban J connectivity index is 3.63. The molecule has 0 spiro atoms. The highest BCUT2D eigenvalue weighted by atomic mass is 16.2. The minimum atomic E-state index is 0.177. The first-order chi connectivity index (χ1) is 14.3. The molecule has 3 nitrogen and oxygen atoms in total. The van der Waals surface area contributed by atoms with E-state index in [4.69, 9.17) is 0 Å². The Kier molecular flexibility index (Phi) is 22.7. The lowest BCUT2D eigenvalue weighted by Gasteiger charge is -2.20. The van der Waals surface area contributed by atoms with Gasteiger partial charge in [0.05, 0.1) is 6.54 Å². The summed E-state index contributed by atoms with van der Waals surface area (Å²) >= 11 is 0. The second-order valence-electron chi connectivity index (χ2n) is 8.77. The largest absolute Gasteiger partial charge is 0.336 e. The molecule has 0 N–H and O–H groups in total. The lowest BCUT2D eigenvalue weighted by atomic mass is 10.1. The molecule has 0 fully saturated rings. The van der Waals surface area contributed by atoms with Crippen LogP contribution in [0.4, 0.5) is 0 Å². The number of rotatable bonds is 23. The molecule has 0 bridgehead atoms. The number of unbranched alkanes of at least 4 members (excludes halogenated alkanes) is 17. The van der Waals surface area contributed by atoms with Crippen LogP contribution in [0.25, 0.3) is 0 Å². The number of hydrogen-bond donors (Lipinski definition) is 0. The first-order valence-corrected chi connectivity index (χ1v) is 13.0. The van der Waals surface area contributed by atoms with Gasteiger partial charge in [0, 0.05) is 13.0 Å². The molecule has 0 unspecified atom stereocenters. The molecule has 0 saturated carbocycles. The summed E-state index contributed by atoms with van der Waals surface area (Å²) in [5.74, 6) is 0.177. The average Bonchev–Trinajstić information content (AvgIpc) is 2.73. The zero-order chi connectivity index (χ0) is 21.4. The van der Waals surface area contributed by atoms with Gasteiger partial charge in [-0.3, -0.25) is 4.79 Å². The number of carbonyl (C=O) groups is 2. The van der Waals surface area contributed by atoms with Gasteiger partial charge in [-0.25, -0.2) is 0 Å². The predicted molar refractivity (Wildman–Crippen MR) is 126 cm³/mol. The lowest BCUT2D eigenvalue weighted by Crippen LogP contribution is -2.33. The van der Waals surface area contributed by atoms with Gasteiger partial charge in [-0.1, -0.05) is 123 Å². The summed E-state index contributed by atoms with van der Waals surface area (Å²) in [6.07, 6.45) is 25.8. The average molecular weight is 410 g/mol. The molecule has 1 amide bonds. The van der Waals surface area contributed by atoms with Crippen molar-refractivity contribution >= 4 is 12.2 Å². The van der Waals surface area contributed by atoms with Gasteiger partial charge in [-0.2, -0.15) is 0 Å². The minimum Gasteiger partial charge on any atom is -0.336 e. The lowest BCUT2D eigenvalue weighted by molar-refractivity contribution is -0.133. The molecule has 0 rings (SSSR count). The molecule has 0 aromatic carbocycles. The highest BCUT2D eigenvalue weighted by Crippen LogP contribution is 2.13. The first kappa shape index (κ1) is 28.1. The monoisotopic (exact) mass is 409 g/mol. The molecule has 0 radical (unpaired) electrons. The maximum atomic E-state index is 12.4. The van der Waals surface area contributed by atoms with Gasteiger partial charge >= 0.3 is 0 Å². The Labute approximate surface area is 182 Å². The number of aldehydes is 1. The fraction of sp³-hybridized carbons (Fsp3) is 0.923. The van der Waals surface area contributed by atoms with Gasteiger partial charge in [0.25, 0.3) is 0 Å². The smallest absolute Gasteiger partial charge is 0.222 e. The molecule has 0 aromatic rings. The number of amides is 1. The van der Waals surface area contributed by atoms with Crippen molar-refractivity contribution in [2.45, 2.75) is 142 Å². The fourth-order valence-corrected chi connectivity index (χ4v) is 3.94. The minimum absolute atomic E-state index is 0.177. The normalized spacial score (nSPS) is 11.0. The second-order valence-corrected chi connectivity index (χ2v) is 8.77. The third-order valence-electron chi connectivity index (χ3n) is 5.92. The Bertz CT molecular complexity index is 357. The molecule has 0 aliphatic heterocycles. The van der Waals surface area contributed by atoms with Crippen molar-refractivity contribution in [1.82, 2.24) is 4.90 Å². The van der Waals surface area contributed by atoms with Crippen molar-refractivity contribution in [3.63, 3.8) is 0 Å². The number of hydrogen-bond acceptors (Lipinski definition) is 2. The summed E-state index contributed by atoms with van der Waals surface area (Å²) in [7, 11) is 0. The van der Waals surface area contributed by atoms with E-state index in [1.807, 2.05) is 0 Å². The quantitative estimate of drug-likeness (QED) is 0.127. The van der Waals surface area contributed by atoms with Gasteiger partial charge in [-0.15, -0.1) is 0 Å². The molecule has 0 aromatic heterocycles. The van der Waals surface area contributed by atoms with Crippen LogP contribution >= 0.6 is 0 Å². The Morgan fingerprint density at radius 3 is 1.38 bits per heavy atom. The van der Waals surface area contributed by atoms with E-state index in [1.165, 1.54) is 103 Å². The van der Waals surface area contributed by atoms with Crippen molar-refractivity contribution in [2.24, 2.45) is 0 Å². The van der Waals surface area contributed by atoms with Crippen LogP contribution in [0.3, 0.4) is 0 Å². The third kappa shape index (κ3) is 20.2. The van der Waals surface area contributed by atoms with E-state index >= 15 is 0 Å². The van der Waals surface area contributed by atoms with Crippen LogP contribution < -0.4 is 0 Å². The van der Waals surface area contributed by atoms with Crippen LogP contribution in [0.15, 0.2) is 0 Å². The van der Waals surface area contributed by atoms with Crippen molar-refractivity contribution in [3.05, 3.63) is 0 Å². The summed E-state index contributed by atoms with van der Waals surface area (Å²) < 4.78 is 0. The molecule has 0 atom stereocenters. The highest BCUT2D eigenvalue weighted by Gasteiger charge is 2.12. The van der Waals surface area contributed by atoms with E-state index < -0.39 is 0 Å². The van der Waals surface area contributed by atoms with Crippen molar-refractivity contribution < 1.29 is 9.59 Å². The predicted octanol–water partition coefficient (Wildman–Crippen LogP) is 7.86. The molecule has 172 valence electrons. The van der Waals surface area contributed by atoms with Gasteiger partial charge < -0.3 is 9.69 Å². The number of carbonyl (C=O) groups excluding carboxylic acids is 2. The standard InChI is InChI=1S/C26H51NO2/c1-3-5-7-9-11-13-15-17-19-21-23-27(24-25-28)26(29)22-20-18-16-14-12-10-8-6-4-2/h25H,3-24H2,1-2H3. The molecular weight excluding hydrogens is 358 g/mol. The summed E-state index contributed by atoms with van der Waals surface area (Å²) in [5.41, 5.74) is 0. The molecule has 3 heteroatoms. The van der Waals surface area contributed by atoms with E-state index in [0.717, 1.165) is 32.1 Å². The van der Waals surface area contributed by atoms with Crippen molar-refractivity contribution in [2.75, 3.05) is 13.1 Å². The first-order valence-electron chi connectivity index (χ1n) is 13.0. The van der Waals surface area contributed by atoms with E-state index in [1.54, 1.807) is 4.90 Å². The van der Waals surface area contributed by atoms with Gasteiger partial charge in [-0.05, 0) is 12.8 Å². The molecule has 29 heavy (non-hydrogen) atoms. The Morgan fingerprint density at radius 1 is 0.586 bits per heavy atom. The van der Waals surface area contributed by atoms with Crippen molar-refractivity contribution in [1.29, 1.82) is 0 Å². The molecule has 0 aliphatic carbocycles. The molecule has 0 heterocycles. The maximum Gasteiger partial charge on any atom is 0.222 e. The Hall–Kier alpha value is -0.860. The van der Waals surface area contributed by atoms with Gasteiger partial charge in [0.15, 0.2) is 0 Å². The van der Waals surface area contributed by atoms with Crippen LogP contribution in [0.2, 0.25) is 0 Å². The third-order valence-corrected chi connectivity index (χ3v) is 5.92. The molecule has 0 aliphatic rings. The summed E-state index contributed by atoms with van der Waals surface area (Å²) in [5, 5.41) is 0. The van der Waals surface area contributed by atoms with Crippen molar-refractivity contribution in [3.8, 4) is 0 Å². The van der Waals surface area contributed by atoms with Gasteiger partial charge in [0.1, 0.15) is 6.29 Å². The summed E-state index contributed by atoms with van der Waals surface area (Å²) in [6.45, 7) is 5.54. The highest BCUT2D eigenvalue weighted by molar-refractivity contribution is 5.78. The van der Waals surface area contributed by atoms with Gasteiger partial charge in [0.2, 0.25) is 5.91 Å². The van der Waals surface area contributed by atoms with E-state index in [2.05, 4.69) is 13.8 Å². The zero-order valence-corrected chi connectivity index (χ0v) is 19.9. The molecular formula is C26H51NO2. The summed E-state index contributed by atoms with van der Waals surface area (Å²) in [4.78, 5) is 25.1. The fourth-order valence-electron chi connectivity index (χ4n) is 3.94. The summed E-state index contributed by atoms with van der Waals surface area (Å²) in [6, 6.07) is 0. The van der Waals surface area contributed by atoms with Crippen LogP contribution in [0.5, 0.6) is 0 Å². The van der Waals surface area contributed by atoms with E-state index in [-0.39, 0.29) is 12.5 Å². The topological polar surface area (TPSA) is 37.4 Å². The van der Waals surface area contributed by atoms with E-state index in [9.17, 15) is 9.59 Å². The maximum absolute atomic E-state index is 12.4. The zero-order valence-electron chi connectivity index (χ0n) is 19.9. The van der Waals surface area contributed by atoms with Crippen LogP contribution in [-0.2, 0) is 9.59 Å². The second kappa shape index (κ2) is 23.4. The Morgan fingerprint density at radius 2 is 0.966 bits per heavy atom. The molecule has 0 saturated heterocycles.